The van der Waals surface area contributed by atoms with E-state index in [0.29, 0.717) is 13.2 Å². The van der Waals surface area contributed by atoms with E-state index in [1.165, 1.54) is 38.5 Å². The Balaban J connectivity index is 3.14. The Bertz CT molecular complexity index is 213. The van der Waals surface area contributed by atoms with Crippen LogP contribution in [0.4, 0.5) is 0 Å². The van der Waals surface area contributed by atoms with Gasteiger partial charge in [0, 0.05) is 13.2 Å². The molecule has 2 N–H and O–H groups in total. The zero-order valence-corrected chi connectivity index (χ0v) is 13.5. The summed E-state index contributed by atoms with van der Waals surface area (Å²) in [4.78, 5) is 0. The second kappa shape index (κ2) is 19.2. The maximum absolute atomic E-state index is 8.65. The average molecular weight is 298 g/mol. The molecule has 0 atom stereocenters. The molecule has 0 fully saturated rings. The second-order valence-corrected chi connectivity index (χ2v) is 5.44. The van der Waals surface area contributed by atoms with Gasteiger partial charge in [0.2, 0.25) is 0 Å². The van der Waals surface area contributed by atoms with E-state index in [2.05, 4.69) is 12.2 Å². The third-order valence-electron chi connectivity index (χ3n) is 3.41. The minimum Gasteiger partial charge on any atom is -0.473 e. The van der Waals surface area contributed by atoms with E-state index in [0.717, 1.165) is 38.5 Å². The molecule has 3 heteroatoms. The van der Waals surface area contributed by atoms with E-state index < -0.39 is 0 Å². The van der Waals surface area contributed by atoms with Crippen molar-refractivity contribution in [1.82, 2.24) is 0 Å². The molecule has 124 valence electrons. The van der Waals surface area contributed by atoms with Gasteiger partial charge in [0.25, 0.3) is 0 Å². The topological polar surface area (TPSA) is 49.7 Å². The summed E-state index contributed by atoms with van der Waals surface area (Å²) in [6.45, 7) is 0.644. The van der Waals surface area contributed by atoms with Crippen molar-refractivity contribution in [2.75, 3.05) is 13.2 Å². The Kier molecular flexibility index (Phi) is 18.5. The standard InChI is InChI=1S/C18H34O3/c19-15-11-7-3-1-5-9-13-17-21-18-14-10-6-2-4-8-12-16-20/h13-14,17-20H,1-12,15-16H2. The minimum absolute atomic E-state index is 0.322. The molecule has 0 rings (SSSR count). The molecule has 0 radical (unpaired) electrons. The summed E-state index contributed by atoms with van der Waals surface area (Å²) in [5.74, 6) is 0. The average Bonchev–Trinajstić information content (AvgIpc) is 2.50. The number of allylic oxidation sites excluding steroid dienone is 2. The van der Waals surface area contributed by atoms with Gasteiger partial charge in [0.1, 0.15) is 0 Å². The summed E-state index contributed by atoms with van der Waals surface area (Å²) in [6.07, 6.45) is 21.3. The molecule has 0 spiro atoms. The smallest absolute Gasteiger partial charge is 0.0861 e. The summed E-state index contributed by atoms with van der Waals surface area (Å²) in [6, 6.07) is 0. The van der Waals surface area contributed by atoms with Crippen molar-refractivity contribution < 1.29 is 14.9 Å². The SMILES string of the molecule is OCCCCCCCC=COC=CCCCCCCCO. The fraction of sp³-hybridized carbons (Fsp3) is 0.778. The van der Waals surface area contributed by atoms with Crippen LogP contribution in [0.25, 0.3) is 0 Å². The normalized spacial score (nSPS) is 11.7. The fourth-order valence-electron chi connectivity index (χ4n) is 2.10. The fourth-order valence-corrected chi connectivity index (χ4v) is 2.10. The molecular formula is C18H34O3. The molecule has 0 aromatic rings. The molecule has 0 unspecified atom stereocenters. The number of ether oxygens (including phenoxy) is 1. The van der Waals surface area contributed by atoms with Crippen molar-refractivity contribution in [3.63, 3.8) is 0 Å². The number of hydrogen-bond acceptors (Lipinski definition) is 3. The first kappa shape index (κ1) is 20.2. The van der Waals surface area contributed by atoms with Crippen LogP contribution in [0.1, 0.15) is 77.0 Å². The Hall–Kier alpha value is -0.800. The molecular weight excluding hydrogens is 264 g/mol. The highest BCUT2D eigenvalue weighted by Crippen LogP contribution is 2.06. The number of hydrogen-bond donors (Lipinski definition) is 2. The molecule has 3 nitrogen and oxygen atoms in total. The molecule has 0 bridgehead atoms. The van der Waals surface area contributed by atoms with Crippen molar-refractivity contribution in [3.05, 3.63) is 24.7 Å². The third-order valence-corrected chi connectivity index (χ3v) is 3.41. The van der Waals surface area contributed by atoms with Gasteiger partial charge in [-0.2, -0.15) is 0 Å². The molecule has 0 aliphatic rings. The lowest BCUT2D eigenvalue weighted by Crippen LogP contribution is -1.83. The predicted octanol–water partition coefficient (Wildman–Crippen LogP) is 4.70. The third kappa shape index (κ3) is 19.2. The Morgan fingerprint density at radius 3 is 1.33 bits per heavy atom. The van der Waals surface area contributed by atoms with Gasteiger partial charge < -0.3 is 14.9 Å². The lowest BCUT2D eigenvalue weighted by molar-refractivity contribution is 0.282. The van der Waals surface area contributed by atoms with E-state index in [-0.39, 0.29) is 0 Å². The quantitative estimate of drug-likeness (QED) is 0.321. The molecule has 0 amide bonds. The maximum Gasteiger partial charge on any atom is 0.0861 e. The molecule has 0 saturated carbocycles. The summed E-state index contributed by atoms with van der Waals surface area (Å²) < 4.78 is 5.30. The van der Waals surface area contributed by atoms with Gasteiger partial charge in [-0.3, -0.25) is 0 Å². The van der Waals surface area contributed by atoms with Crippen LogP contribution in [-0.2, 0) is 4.74 Å². The van der Waals surface area contributed by atoms with E-state index in [9.17, 15) is 0 Å². The zero-order chi connectivity index (χ0) is 15.4. The van der Waals surface area contributed by atoms with Crippen molar-refractivity contribution in [3.8, 4) is 0 Å². The van der Waals surface area contributed by atoms with Crippen molar-refractivity contribution >= 4 is 0 Å². The molecule has 0 aliphatic heterocycles. The largest absolute Gasteiger partial charge is 0.473 e. The number of aliphatic hydroxyl groups excluding tert-OH is 2. The van der Waals surface area contributed by atoms with Gasteiger partial charge in [-0.1, -0.05) is 38.5 Å². The Morgan fingerprint density at radius 1 is 0.524 bits per heavy atom. The minimum atomic E-state index is 0.322. The van der Waals surface area contributed by atoms with Gasteiger partial charge in [-0.25, -0.2) is 0 Å². The van der Waals surface area contributed by atoms with Gasteiger partial charge in [0.15, 0.2) is 0 Å². The van der Waals surface area contributed by atoms with E-state index in [1.807, 2.05) is 0 Å². The summed E-state index contributed by atoms with van der Waals surface area (Å²) in [7, 11) is 0. The molecule has 0 saturated heterocycles. The monoisotopic (exact) mass is 298 g/mol. The number of unbranched alkanes of at least 4 members (excludes halogenated alkanes) is 10. The van der Waals surface area contributed by atoms with Gasteiger partial charge >= 0.3 is 0 Å². The van der Waals surface area contributed by atoms with Gasteiger partial charge in [-0.05, 0) is 50.7 Å². The van der Waals surface area contributed by atoms with Crippen LogP contribution in [0.5, 0.6) is 0 Å². The zero-order valence-electron chi connectivity index (χ0n) is 13.5. The van der Waals surface area contributed by atoms with Crippen LogP contribution in [0, 0.1) is 0 Å². The first-order chi connectivity index (χ1) is 10.4. The van der Waals surface area contributed by atoms with Crippen molar-refractivity contribution in [1.29, 1.82) is 0 Å². The van der Waals surface area contributed by atoms with Crippen LogP contribution in [0.15, 0.2) is 24.7 Å². The lowest BCUT2D eigenvalue weighted by atomic mass is 10.1. The number of aliphatic hydroxyl groups is 2. The Morgan fingerprint density at radius 2 is 0.905 bits per heavy atom. The van der Waals surface area contributed by atoms with Crippen molar-refractivity contribution in [2.45, 2.75) is 77.0 Å². The van der Waals surface area contributed by atoms with Crippen LogP contribution >= 0.6 is 0 Å². The lowest BCUT2D eigenvalue weighted by Gasteiger charge is -1.98. The first-order valence-electron chi connectivity index (χ1n) is 8.59. The highest BCUT2D eigenvalue weighted by molar-refractivity contribution is 4.79. The highest BCUT2D eigenvalue weighted by Gasteiger charge is 1.89. The summed E-state index contributed by atoms with van der Waals surface area (Å²) in [5.41, 5.74) is 0. The first-order valence-corrected chi connectivity index (χ1v) is 8.59. The predicted molar refractivity (Wildman–Crippen MR) is 88.9 cm³/mol. The van der Waals surface area contributed by atoms with Crippen LogP contribution in [0.2, 0.25) is 0 Å². The second-order valence-electron chi connectivity index (χ2n) is 5.44. The highest BCUT2D eigenvalue weighted by atomic mass is 16.5. The van der Waals surface area contributed by atoms with Crippen molar-refractivity contribution in [2.24, 2.45) is 0 Å². The van der Waals surface area contributed by atoms with Crippen LogP contribution in [-0.4, -0.2) is 23.4 Å². The molecule has 0 heterocycles. The van der Waals surface area contributed by atoms with Crippen LogP contribution < -0.4 is 0 Å². The molecule has 0 aliphatic carbocycles. The van der Waals surface area contributed by atoms with E-state index in [4.69, 9.17) is 14.9 Å². The Labute approximate surface area is 130 Å². The molecule has 0 aromatic heterocycles. The van der Waals surface area contributed by atoms with Crippen LogP contribution in [0.3, 0.4) is 0 Å². The molecule has 21 heavy (non-hydrogen) atoms. The van der Waals surface area contributed by atoms with Gasteiger partial charge in [0.05, 0.1) is 12.5 Å². The van der Waals surface area contributed by atoms with Gasteiger partial charge in [-0.15, -0.1) is 0 Å². The summed E-state index contributed by atoms with van der Waals surface area (Å²) >= 11 is 0. The van der Waals surface area contributed by atoms with E-state index in [1.54, 1.807) is 12.5 Å². The maximum atomic E-state index is 8.65. The molecule has 0 aromatic carbocycles. The summed E-state index contributed by atoms with van der Waals surface area (Å²) in [5, 5.41) is 17.3. The number of rotatable bonds is 16. The van der Waals surface area contributed by atoms with E-state index >= 15 is 0 Å².